The van der Waals surface area contributed by atoms with Gasteiger partial charge in [-0.25, -0.2) is 0 Å². The van der Waals surface area contributed by atoms with Gasteiger partial charge in [0.1, 0.15) is 0 Å². The molecule has 0 atom stereocenters. The summed E-state index contributed by atoms with van der Waals surface area (Å²) < 4.78 is 0. The van der Waals surface area contributed by atoms with E-state index in [0.717, 1.165) is 16.3 Å². The van der Waals surface area contributed by atoms with Crippen molar-refractivity contribution >= 4 is 17.3 Å². The molecule has 1 N–H and O–H groups in total. The Hall–Kier alpha value is -1.54. The number of aryl methyl sites for hydroxylation is 1. The van der Waals surface area contributed by atoms with Crippen LogP contribution in [-0.4, -0.2) is 4.98 Å². The van der Waals surface area contributed by atoms with Crippen LogP contribution in [-0.2, 0) is 6.54 Å². The lowest BCUT2D eigenvalue weighted by molar-refractivity contribution is 1.12. The van der Waals surface area contributed by atoms with E-state index in [1.807, 2.05) is 36.5 Å². The highest BCUT2D eigenvalue weighted by Gasteiger charge is 2.00. The van der Waals surface area contributed by atoms with Crippen molar-refractivity contribution in [3.63, 3.8) is 0 Å². The largest absolute Gasteiger partial charge is 0.379 e. The minimum atomic E-state index is 0.714. The fraction of sp³-hybridized carbons (Fsp3) is 0.154. The third-order valence-electron chi connectivity index (χ3n) is 2.47. The van der Waals surface area contributed by atoms with Crippen molar-refractivity contribution < 1.29 is 0 Å². The summed E-state index contributed by atoms with van der Waals surface area (Å²) >= 11 is 6.07. The number of hydrogen-bond donors (Lipinski definition) is 1. The maximum absolute atomic E-state index is 6.07. The first-order valence-corrected chi connectivity index (χ1v) is 5.53. The van der Waals surface area contributed by atoms with Gasteiger partial charge in [0.15, 0.2) is 0 Å². The third-order valence-corrected chi connectivity index (χ3v) is 2.83. The Kier molecular flexibility index (Phi) is 3.42. The molecule has 1 heterocycles. The van der Waals surface area contributed by atoms with Gasteiger partial charge in [0, 0.05) is 17.8 Å². The lowest BCUT2D eigenvalue weighted by Crippen LogP contribution is -2.01. The molecule has 0 aliphatic carbocycles. The lowest BCUT2D eigenvalue weighted by Gasteiger charge is -2.09. The van der Waals surface area contributed by atoms with E-state index in [-0.39, 0.29) is 0 Å². The molecule has 0 aliphatic heterocycles. The molecule has 82 valence electrons. The molecule has 1 aromatic heterocycles. The molecule has 0 amide bonds. The Bertz CT molecular complexity index is 437. The fourth-order valence-electron chi connectivity index (χ4n) is 1.48. The molecule has 0 saturated heterocycles. The standard InChI is InChI=1S/C13H13ClN2/c1-10-6-7-15-9-13(10)16-8-11-4-2-3-5-12(11)14/h2-7,9,16H,8H2,1H3. The molecule has 16 heavy (non-hydrogen) atoms. The average Bonchev–Trinajstić information content (AvgIpc) is 2.30. The molecule has 0 unspecified atom stereocenters. The van der Waals surface area contributed by atoms with Crippen LogP contribution >= 0.6 is 11.6 Å². The number of pyridine rings is 1. The number of hydrogen-bond acceptors (Lipinski definition) is 2. The molecule has 0 radical (unpaired) electrons. The van der Waals surface area contributed by atoms with Crippen LogP contribution in [0.2, 0.25) is 5.02 Å². The highest BCUT2D eigenvalue weighted by atomic mass is 35.5. The first kappa shape index (κ1) is 11.0. The highest BCUT2D eigenvalue weighted by molar-refractivity contribution is 6.31. The summed E-state index contributed by atoms with van der Waals surface area (Å²) in [6.45, 7) is 2.77. The van der Waals surface area contributed by atoms with Crippen LogP contribution in [0.15, 0.2) is 42.7 Å². The van der Waals surface area contributed by atoms with E-state index in [9.17, 15) is 0 Å². The van der Waals surface area contributed by atoms with Gasteiger partial charge in [-0.2, -0.15) is 0 Å². The molecule has 0 bridgehead atoms. The summed E-state index contributed by atoms with van der Waals surface area (Å²) in [5.41, 5.74) is 3.32. The number of benzene rings is 1. The predicted molar refractivity (Wildman–Crippen MR) is 67.8 cm³/mol. The first-order valence-electron chi connectivity index (χ1n) is 5.15. The van der Waals surface area contributed by atoms with Gasteiger partial charge in [-0.1, -0.05) is 29.8 Å². The van der Waals surface area contributed by atoms with E-state index in [4.69, 9.17) is 11.6 Å². The van der Waals surface area contributed by atoms with Crippen LogP contribution in [0.25, 0.3) is 0 Å². The second-order valence-corrected chi connectivity index (χ2v) is 4.04. The molecular formula is C13H13ClN2. The van der Waals surface area contributed by atoms with Gasteiger partial charge in [0.25, 0.3) is 0 Å². The van der Waals surface area contributed by atoms with E-state index in [0.29, 0.717) is 6.54 Å². The zero-order valence-electron chi connectivity index (χ0n) is 9.07. The second kappa shape index (κ2) is 4.99. The highest BCUT2D eigenvalue weighted by Crippen LogP contribution is 2.18. The number of anilines is 1. The summed E-state index contributed by atoms with van der Waals surface area (Å²) in [7, 11) is 0. The molecule has 2 rings (SSSR count). The van der Waals surface area contributed by atoms with Crippen LogP contribution in [0.3, 0.4) is 0 Å². The van der Waals surface area contributed by atoms with Crippen LogP contribution in [0, 0.1) is 6.92 Å². The zero-order chi connectivity index (χ0) is 11.4. The van der Waals surface area contributed by atoms with Gasteiger partial charge in [-0.3, -0.25) is 4.98 Å². The second-order valence-electron chi connectivity index (χ2n) is 3.64. The molecule has 0 spiro atoms. The smallest absolute Gasteiger partial charge is 0.0559 e. The third kappa shape index (κ3) is 2.52. The summed E-state index contributed by atoms with van der Waals surface area (Å²) in [4.78, 5) is 4.08. The van der Waals surface area contributed by atoms with Crippen LogP contribution < -0.4 is 5.32 Å². The number of aromatic nitrogens is 1. The summed E-state index contributed by atoms with van der Waals surface area (Å²) in [5.74, 6) is 0. The molecule has 3 heteroatoms. The van der Waals surface area contributed by atoms with Gasteiger partial charge in [0.2, 0.25) is 0 Å². The first-order chi connectivity index (χ1) is 7.77. The SMILES string of the molecule is Cc1ccncc1NCc1ccccc1Cl. The minimum Gasteiger partial charge on any atom is -0.379 e. The van der Waals surface area contributed by atoms with Crippen LogP contribution in [0.5, 0.6) is 0 Å². The van der Waals surface area contributed by atoms with Crippen LogP contribution in [0.1, 0.15) is 11.1 Å². The Morgan fingerprint density at radius 3 is 2.81 bits per heavy atom. The minimum absolute atomic E-state index is 0.714. The predicted octanol–water partition coefficient (Wildman–Crippen LogP) is 3.66. The Labute approximate surface area is 100 Å². The van der Waals surface area contributed by atoms with Crippen molar-refractivity contribution in [3.8, 4) is 0 Å². The zero-order valence-corrected chi connectivity index (χ0v) is 9.83. The molecule has 2 aromatic rings. The normalized spacial score (nSPS) is 10.1. The number of halogens is 1. The Morgan fingerprint density at radius 2 is 2.06 bits per heavy atom. The van der Waals surface area contributed by atoms with Crippen molar-refractivity contribution in [3.05, 3.63) is 58.9 Å². The van der Waals surface area contributed by atoms with Crippen molar-refractivity contribution in [1.82, 2.24) is 4.98 Å². The number of nitrogens with one attached hydrogen (secondary N) is 1. The summed E-state index contributed by atoms with van der Waals surface area (Å²) in [6.07, 6.45) is 3.61. The molecular weight excluding hydrogens is 220 g/mol. The van der Waals surface area contributed by atoms with Gasteiger partial charge in [0.05, 0.1) is 11.9 Å². The molecule has 2 nitrogen and oxygen atoms in total. The van der Waals surface area contributed by atoms with Gasteiger partial charge < -0.3 is 5.32 Å². The topological polar surface area (TPSA) is 24.9 Å². The Morgan fingerprint density at radius 1 is 1.25 bits per heavy atom. The van der Waals surface area contributed by atoms with Crippen molar-refractivity contribution in [2.24, 2.45) is 0 Å². The molecule has 1 aromatic carbocycles. The fourth-order valence-corrected chi connectivity index (χ4v) is 1.68. The van der Waals surface area contributed by atoms with Crippen molar-refractivity contribution in [2.75, 3.05) is 5.32 Å². The lowest BCUT2D eigenvalue weighted by atomic mass is 10.2. The molecule has 0 saturated carbocycles. The van der Waals surface area contributed by atoms with Crippen molar-refractivity contribution in [2.45, 2.75) is 13.5 Å². The van der Waals surface area contributed by atoms with E-state index in [2.05, 4.69) is 17.2 Å². The van der Waals surface area contributed by atoms with Crippen molar-refractivity contribution in [1.29, 1.82) is 0 Å². The van der Waals surface area contributed by atoms with E-state index in [1.54, 1.807) is 6.20 Å². The van der Waals surface area contributed by atoms with Gasteiger partial charge in [-0.05, 0) is 30.2 Å². The maximum Gasteiger partial charge on any atom is 0.0559 e. The van der Waals surface area contributed by atoms with E-state index >= 15 is 0 Å². The van der Waals surface area contributed by atoms with E-state index in [1.165, 1.54) is 5.56 Å². The Balaban J connectivity index is 2.09. The quantitative estimate of drug-likeness (QED) is 0.874. The van der Waals surface area contributed by atoms with Crippen LogP contribution in [0.4, 0.5) is 5.69 Å². The van der Waals surface area contributed by atoms with E-state index < -0.39 is 0 Å². The summed E-state index contributed by atoms with van der Waals surface area (Å²) in [5, 5.41) is 4.11. The summed E-state index contributed by atoms with van der Waals surface area (Å²) in [6, 6.07) is 9.81. The van der Waals surface area contributed by atoms with Gasteiger partial charge >= 0.3 is 0 Å². The molecule has 0 aliphatic rings. The average molecular weight is 233 g/mol. The number of nitrogens with zero attached hydrogens (tertiary/aromatic N) is 1. The molecule has 0 fully saturated rings. The maximum atomic E-state index is 6.07. The van der Waals surface area contributed by atoms with Gasteiger partial charge in [-0.15, -0.1) is 0 Å². The monoisotopic (exact) mass is 232 g/mol. The number of rotatable bonds is 3.